The standard InChI is InChI=1S/C22H21F3N2O3S/c1-13-3-9-18-17(11-13)21-19-10-4-14(26(19)2)12-20(21)27(18)31(28,29)16-7-5-15(6-8-16)30-22(23,24)25/h3,5-9,11,14,19H,4,10,12H2,1-2H3. The van der Waals surface area contributed by atoms with Gasteiger partial charge in [0.2, 0.25) is 0 Å². The van der Waals surface area contributed by atoms with E-state index in [9.17, 15) is 21.6 Å². The Morgan fingerprint density at radius 3 is 2.45 bits per heavy atom. The highest BCUT2D eigenvalue weighted by atomic mass is 32.2. The van der Waals surface area contributed by atoms with Crippen LogP contribution in [0.1, 0.15) is 35.7 Å². The van der Waals surface area contributed by atoms with Crippen molar-refractivity contribution in [2.24, 2.45) is 0 Å². The predicted octanol–water partition coefficient (Wildman–Crippen LogP) is 4.78. The number of nitrogens with zero attached hydrogens (tertiary/aromatic N) is 2. The first-order chi connectivity index (χ1) is 14.6. The molecule has 164 valence electrons. The van der Waals surface area contributed by atoms with Crippen LogP contribution in [0, 0.1) is 6.92 Å². The van der Waals surface area contributed by atoms with Gasteiger partial charge < -0.3 is 4.74 Å². The molecule has 1 fully saturated rings. The van der Waals surface area contributed by atoms with Crippen molar-refractivity contribution in [2.45, 2.75) is 49.5 Å². The highest BCUT2D eigenvalue weighted by molar-refractivity contribution is 7.90. The SMILES string of the molecule is Cc1ccc2c(c1)c1c(n2S(=O)(=O)c2ccc(OC(F)(F)F)cc2)CC2CCC1N2C. The molecular weight excluding hydrogens is 429 g/mol. The average Bonchev–Trinajstić information content (AvgIpc) is 3.11. The minimum absolute atomic E-state index is 0.0754. The molecule has 1 aromatic heterocycles. The first-order valence-corrected chi connectivity index (χ1v) is 11.5. The fourth-order valence-electron chi connectivity index (χ4n) is 5.04. The normalized spacial score (nSPS) is 21.5. The van der Waals surface area contributed by atoms with Gasteiger partial charge in [-0.3, -0.25) is 4.90 Å². The predicted molar refractivity (Wildman–Crippen MR) is 110 cm³/mol. The Balaban J connectivity index is 1.68. The first-order valence-electron chi connectivity index (χ1n) is 10.0. The molecule has 0 N–H and O–H groups in total. The number of hydrogen-bond acceptors (Lipinski definition) is 4. The van der Waals surface area contributed by atoms with Crippen molar-refractivity contribution >= 4 is 20.9 Å². The lowest BCUT2D eigenvalue weighted by molar-refractivity contribution is -0.274. The van der Waals surface area contributed by atoms with Crippen molar-refractivity contribution in [1.82, 2.24) is 8.87 Å². The van der Waals surface area contributed by atoms with Crippen LogP contribution in [0.25, 0.3) is 10.9 Å². The summed E-state index contributed by atoms with van der Waals surface area (Å²) < 4.78 is 70.0. The van der Waals surface area contributed by atoms with Crippen molar-refractivity contribution < 1.29 is 26.3 Å². The summed E-state index contributed by atoms with van der Waals surface area (Å²) in [6.45, 7) is 1.97. The van der Waals surface area contributed by atoms with Gasteiger partial charge in [-0.2, -0.15) is 0 Å². The van der Waals surface area contributed by atoms with Gasteiger partial charge in [0.1, 0.15) is 5.75 Å². The van der Waals surface area contributed by atoms with E-state index in [4.69, 9.17) is 0 Å². The molecule has 2 unspecified atom stereocenters. The van der Waals surface area contributed by atoms with E-state index >= 15 is 0 Å². The fraction of sp³-hybridized carbons (Fsp3) is 0.364. The third-order valence-electron chi connectivity index (χ3n) is 6.42. The molecule has 0 amide bonds. The molecule has 31 heavy (non-hydrogen) atoms. The number of likely N-dealkylation sites (N-methyl/N-ethyl adjacent to an activating group) is 1. The number of hydrogen-bond donors (Lipinski definition) is 0. The Hall–Kier alpha value is -2.52. The van der Waals surface area contributed by atoms with Crippen LogP contribution in [0.5, 0.6) is 5.75 Å². The molecule has 0 spiro atoms. The van der Waals surface area contributed by atoms with Gasteiger partial charge in [-0.1, -0.05) is 11.6 Å². The van der Waals surface area contributed by atoms with E-state index in [1.807, 2.05) is 25.1 Å². The zero-order valence-corrected chi connectivity index (χ0v) is 17.8. The summed E-state index contributed by atoms with van der Waals surface area (Å²) in [5, 5.41) is 0.924. The smallest absolute Gasteiger partial charge is 0.406 e. The summed E-state index contributed by atoms with van der Waals surface area (Å²) >= 11 is 0. The molecule has 2 aliphatic heterocycles. The summed E-state index contributed by atoms with van der Waals surface area (Å²) in [7, 11) is -1.93. The van der Waals surface area contributed by atoms with E-state index in [0.717, 1.165) is 59.3 Å². The second-order valence-corrected chi connectivity index (χ2v) is 10.1. The number of fused-ring (bicyclic) bond motifs is 6. The van der Waals surface area contributed by atoms with Crippen molar-refractivity contribution in [3.05, 3.63) is 59.3 Å². The van der Waals surface area contributed by atoms with Gasteiger partial charge in [0.05, 0.1) is 10.4 Å². The summed E-state index contributed by atoms with van der Waals surface area (Å²) in [6.07, 6.45) is -2.23. The van der Waals surface area contributed by atoms with Gasteiger partial charge in [-0.15, -0.1) is 13.2 Å². The number of aryl methyl sites for hydroxylation is 1. The Bertz CT molecular complexity index is 1280. The van der Waals surface area contributed by atoms with Crippen LogP contribution >= 0.6 is 0 Å². The highest BCUT2D eigenvalue weighted by Gasteiger charge is 2.42. The van der Waals surface area contributed by atoms with Crippen LogP contribution < -0.4 is 4.74 Å². The number of halogens is 3. The molecule has 3 heterocycles. The summed E-state index contributed by atoms with van der Waals surface area (Å²) in [4.78, 5) is 2.25. The second-order valence-electron chi connectivity index (χ2n) is 8.29. The lowest BCUT2D eigenvalue weighted by Crippen LogP contribution is -2.35. The van der Waals surface area contributed by atoms with Gasteiger partial charge in [0.15, 0.2) is 0 Å². The molecule has 2 bridgehead atoms. The zero-order chi connectivity index (χ0) is 22.1. The second kappa shape index (κ2) is 6.74. The van der Waals surface area contributed by atoms with Crippen LogP contribution in [-0.4, -0.2) is 36.7 Å². The maximum Gasteiger partial charge on any atom is 0.573 e. The van der Waals surface area contributed by atoms with E-state index in [0.29, 0.717) is 11.9 Å². The quantitative estimate of drug-likeness (QED) is 0.577. The highest BCUT2D eigenvalue weighted by Crippen LogP contribution is 2.47. The van der Waals surface area contributed by atoms with Gasteiger partial charge >= 0.3 is 6.36 Å². The number of benzene rings is 2. The Labute approximate surface area is 178 Å². The Morgan fingerprint density at radius 1 is 1.06 bits per heavy atom. The van der Waals surface area contributed by atoms with Crippen LogP contribution in [0.15, 0.2) is 47.4 Å². The molecule has 2 atom stereocenters. The topological polar surface area (TPSA) is 51.5 Å². The monoisotopic (exact) mass is 450 g/mol. The fourth-order valence-corrected chi connectivity index (χ4v) is 6.61. The maximum absolute atomic E-state index is 13.7. The minimum atomic E-state index is -4.83. The van der Waals surface area contributed by atoms with E-state index in [2.05, 4.69) is 16.7 Å². The lowest BCUT2D eigenvalue weighted by Gasteiger charge is -2.32. The molecular formula is C22H21F3N2O3S. The molecule has 9 heteroatoms. The number of aromatic nitrogens is 1. The van der Waals surface area contributed by atoms with Crippen LogP contribution in [-0.2, 0) is 16.4 Å². The lowest BCUT2D eigenvalue weighted by atomic mass is 9.97. The van der Waals surface area contributed by atoms with Gasteiger partial charge in [-0.25, -0.2) is 12.4 Å². The van der Waals surface area contributed by atoms with Crippen LogP contribution in [0.3, 0.4) is 0 Å². The largest absolute Gasteiger partial charge is 0.573 e. The van der Waals surface area contributed by atoms with E-state index in [1.165, 1.54) is 3.97 Å². The molecule has 0 radical (unpaired) electrons. The number of ether oxygens (including phenoxy) is 1. The number of alkyl halides is 3. The molecule has 5 nitrogen and oxygen atoms in total. The van der Waals surface area contributed by atoms with Crippen molar-refractivity contribution in [2.75, 3.05) is 7.05 Å². The third kappa shape index (κ3) is 3.22. The van der Waals surface area contributed by atoms with Crippen LogP contribution in [0.2, 0.25) is 0 Å². The summed E-state index contributed by atoms with van der Waals surface area (Å²) in [5.41, 5.74) is 3.48. The van der Waals surface area contributed by atoms with Crippen LogP contribution in [0.4, 0.5) is 13.2 Å². The van der Waals surface area contributed by atoms with Gasteiger partial charge in [0, 0.05) is 29.6 Å². The van der Waals surface area contributed by atoms with E-state index < -0.39 is 22.1 Å². The van der Waals surface area contributed by atoms with Gasteiger partial charge in [0.25, 0.3) is 10.0 Å². The number of rotatable bonds is 3. The molecule has 0 aliphatic carbocycles. The molecule has 2 aliphatic rings. The van der Waals surface area contributed by atoms with Crippen molar-refractivity contribution in [3.8, 4) is 5.75 Å². The maximum atomic E-state index is 13.7. The molecule has 5 rings (SSSR count). The van der Waals surface area contributed by atoms with E-state index in [-0.39, 0.29) is 17.0 Å². The van der Waals surface area contributed by atoms with Gasteiger partial charge in [-0.05, 0) is 68.8 Å². The Kier molecular flexibility index (Phi) is 4.43. The minimum Gasteiger partial charge on any atom is -0.406 e. The molecule has 0 saturated carbocycles. The first kappa shape index (κ1) is 20.4. The summed E-state index contributed by atoms with van der Waals surface area (Å²) in [5.74, 6) is -0.457. The average molecular weight is 450 g/mol. The molecule has 1 saturated heterocycles. The Morgan fingerprint density at radius 2 is 1.77 bits per heavy atom. The molecule has 3 aromatic rings. The van der Waals surface area contributed by atoms with E-state index in [1.54, 1.807) is 0 Å². The third-order valence-corrected chi connectivity index (χ3v) is 8.18. The zero-order valence-electron chi connectivity index (χ0n) is 17.0. The molecule has 2 aromatic carbocycles. The van der Waals surface area contributed by atoms with Crippen molar-refractivity contribution in [3.63, 3.8) is 0 Å². The van der Waals surface area contributed by atoms with Crippen molar-refractivity contribution in [1.29, 1.82) is 0 Å². The summed E-state index contributed by atoms with van der Waals surface area (Å²) in [6, 6.07) is 10.5.